The molecule has 2 fully saturated rings. The summed E-state index contributed by atoms with van der Waals surface area (Å²) in [4.78, 5) is 18.9. The van der Waals surface area contributed by atoms with Gasteiger partial charge < -0.3 is 19.9 Å². The van der Waals surface area contributed by atoms with Crippen molar-refractivity contribution in [1.82, 2.24) is 15.1 Å². The average molecular weight is 364 g/mol. The SMILES string of the molecule is CC(C)(CNC(=O)N1CCN(c2ccc(F)cc2)CC1)N1CCOCC1. The van der Waals surface area contributed by atoms with E-state index in [1.165, 1.54) is 12.1 Å². The van der Waals surface area contributed by atoms with Crippen LogP contribution in [0.1, 0.15) is 13.8 Å². The second kappa shape index (κ2) is 8.22. The summed E-state index contributed by atoms with van der Waals surface area (Å²) >= 11 is 0. The first-order valence-electron chi connectivity index (χ1n) is 9.32. The number of carbonyl (C=O) groups is 1. The van der Waals surface area contributed by atoms with Crippen LogP contribution in [-0.2, 0) is 4.74 Å². The molecule has 0 radical (unpaired) electrons. The third-order valence-electron chi connectivity index (χ3n) is 5.30. The minimum Gasteiger partial charge on any atom is -0.379 e. The summed E-state index contributed by atoms with van der Waals surface area (Å²) in [6.45, 7) is 11.1. The highest BCUT2D eigenvalue weighted by molar-refractivity contribution is 5.74. The van der Waals surface area contributed by atoms with Crippen molar-refractivity contribution in [3.63, 3.8) is 0 Å². The quantitative estimate of drug-likeness (QED) is 0.885. The fourth-order valence-electron chi connectivity index (χ4n) is 3.50. The number of benzene rings is 1. The molecule has 0 unspecified atom stereocenters. The molecule has 26 heavy (non-hydrogen) atoms. The van der Waals surface area contributed by atoms with Gasteiger partial charge in [-0.1, -0.05) is 0 Å². The molecule has 2 heterocycles. The van der Waals surface area contributed by atoms with E-state index in [1.807, 2.05) is 4.90 Å². The van der Waals surface area contributed by atoms with E-state index in [2.05, 4.69) is 29.0 Å². The van der Waals surface area contributed by atoms with Crippen molar-refractivity contribution in [2.45, 2.75) is 19.4 Å². The van der Waals surface area contributed by atoms with Crippen LogP contribution in [-0.4, -0.2) is 80.4 Å². The number of anilines is 1. The Hall–Kier alpha value is -1.86. The van der Waals surface area contributed by atoms with Gasteiger partial charge in [0.1, 0.15) is 5.82 Å². The first kappa shape index (κ1) is 18.9. The normalized spacial score (nSPS) is 19.5. The molecule has 1 N–H and O–H groups in total. The molecule has 2 amide bonds. The maximum Gasteiger partial charge on any atom is 0.317 e. The van der Waals surface area contributed by atoms with Crippen molar-refractivity contribution < 1.29 is 13.9 Å². The van der Waals surface area contributed by atoms with Crippen molar-refractivity contribution in [1.29, 1.82) is 0 Å². The van der Waals surface area contributed by atoms with Crippen LogP contribution in [0.2, 0.25) is 0 Å². The molecule has 0 atom stereocenters. The van der Waals surface area contributed by atoms with E-state index in [0.717, 1.165) is 45.1 Å². The van der Waals surface area contributed by atoms with Gasteiger partial charge in [-0.3, -0.25) is 4.90 Å². The Labute approximate surface area is 154 Å². The fraction of sp³-hybridized carbons (Fsp3) is 0.632. The number of nitrogens with one attached hydrogen (secondary N) is 1. The zero-order chi connectivity index (χ0) is 18.6. The number of urea groups is 1. The zero-order valence-corrected chi connectivity index (χ0v) is 15.7. The zero-order valence-electron chi connectivity index (χ0n) is 15.7. The standard InChI is InChI=1S/C19H29FN4O2/c1-19(2,24-11-13-26-14-12-24)15-21-18(25)23-9-7-22(8-10-23)17-5-3-16(20)4-6-17/h3-6H,7-15H2,1-2H3,(H,21,25). The van der Waals surface area contributed by atoms with Crippen molar-refractivity contribution in [3.8, 4) is 0 Å². The molecule has 0 spiro atoms. The van der Waals surface area contributed by atoms with E-state index < -0.39 is 0 Å². The summed E-state index contributed by atoms with van der Waals surface area (Å²) in [5.74, 6) is -0.227. The average Bonchev–Trinajstić information content (AvgIpc) is 2.68. The molecular weight excluding hydrogens is 335 g/mol. The Kier molecular flexibility index (Phi) is 5.98. The summed E-state index contributed by atoms with van der Waals surface area (Å²) < 4.78 is 18.5. The Balaban J connectivity index is 1.45. The van der Waals surface area contributed by atoms with Gasteiger partial charge in [0.15, 0.2) is 0 Å². The Morgan fingerprint density at radius 2 is 1.69 bits per heavy atom. The third kappa shape index (κ3) is 4.65. The molecule has 0 bridgehead atoms. The lowest BCUT2D eigenvalue weighted by Crippen LogP contribution is -2.58. The van der Waals surface area contributed by atoms with Crippen molar-refractivity contribution in [2.75, 3.05) is 63.9 Å². The van der Waals surface area contributed by atoms with Gasteiger partial charge in [0.25, 0.3) is 0 Å². The monoisotopic (exact) mass is 364 g/mol. The van der Waals surface area contributed by atoms with E-state index in [0.29, 0.717) is 19.6 Å². The van der Waals surface area contributed by atoms with Crippen LogP contribution >= 0.6 is 0 Å². The van der Waals surface area contributed by atoms with Crippen molar-refractivity contribution in [2.24, 2.45) is 0 Å². The lowest BCUT2D eigenvalue weighted by molar-refractivity contribution is -0.00905. The second-order valence-corrected chi connectivity index (χ2v) is 7.52. The van der Waals surface area contributed by atoms with E-state index in [-0.39, 0.29) is 17.4 Å². The van der Waals surface area contributed by atoms with Crippen LogP contribution < -0.4 is 10.2 Å². The number of ether oxygens (including phenoxy) is 1. The number of morpholine rings is 1. The van der Waals surface area contributed by atoms with Crippen molar-refractivity contribution in [3.05, 3.63) is 30.1 Å². The Bertz CT molecular complexity index is 594. The number of carbonyl (C=O) groups excluding carboxylic acids is 1. The number of hydrogen-bond donors (Lipinski definition) is 1. The molecule has 7 heteroatoms. The molecule has 0 saturated carbocycles. The largest absolute Gasteiger partial charge is 0.379 e. The minimum atomic E-state index is -0.227. The van der Waals surface area contributed by atoms with E-state index >= 15 is 0 Å². The Morgan fingerprint density at radius 3 is 2.31 bits per heavy atom. The van der Waals surface area contributed by atoms with Gasteiger partial charge in [-0.2, -0.15) is 0 Å². The summed E-state index contributed by atoms with van der Waals surface area (Å²) in [7, 11) is 0. The fourth-order valence-corrected chi connectivity index (χ4v) is 3.50. The topological polar surface area (TPSA) is 48.1 Å². The number of piperazine rings is 1. The van der Waals surface area contributed by atoms with E-state index in [1.54, 1.807) is 12.1 Å². The maximum atomic E-state index is 13.0. The molecule has 0 aromatic heterocycles. The number of nitrogens with zero attached hydrogens (tertiary/aromatic N) is 3. The number of amides is 2. The Morgan fingerprint density at radius 1 is 1.08 bits per heavy atom. The second-order valence-electron chi connectivity index (χ2n) is 7.52. The van der Waals surface area contributed by atoms with Crippen molar-refractivity contribution >= 4 is 11.7 Å². The predicted molar refractivity (Wildman–Crippen MR) is 100 cm³/mol. The van der Waals surface area contributed by atoms with Crippen LogP contribution in [0, 0.1) is 5.82 Å². The van der Waals surface area contributed by atoms with Crippen LogP contribution in [0.25, 0.3) is 0 Å². The number of hydrogen-bond acceptors (Lipinski definition) is 4. The van der Waals surface area contributed by atoms with Gasteiger partial charge >= 0.3 is 6.03 Å². The first-order valence-corrected chi connectivity index (χ1v) is 9.32. The molecule has 144 valence electrons. The van der Waals surface area contributed by atoms with Gasteiger partial charge in [0.2, 0.25) is 0 Å². The molecule has 2 saturated heterocycles. The molecule has 1 aromatic rings. The molecular formula is C19H29FN4O2. The highest BCUT2D eigenvalue weighted by atomic mass is 19.1. The van der Waals surface area contributed by atoms with E-state index in [4.69, 9.17) is 4.74 Å². The smallest absolute Gasteiger partial charge is 0.317 e. The molecule has 2 aliphatic heterocycles. The molecule has 1 aromatic carbocycles. The van der Waals surface area contributed by atoms with Crippen LogP contribution in [0.15, 0.2) is 24.3 Å². The van der Waals surface area contributed by atoms with E-state index in [9.17, 15) is 9.18 Å². The first-order chi connectivity index (χ1) is 12.5. The van der Waals surface area contributed by atoms with Crippen LogP contribution in [0.3, 0.4) is 0 Å². The lowest BCUT2D eigenvalue weighted by Gasteiger charge is -2.41. The van der Waals surface area contributed by atoms with Gasteiger partial charge in [0.05, 0.1) is 13.2 Å². The maximum absolute atomic E-state index is 13.0. The van der Waals surface area contributed by atoms with Gasteiger partial charge in [-0.05, 0) is 38.1 Å². The predicted octanol–water partition coefficient (Wildman–Crippen LogP) is 1.77. The summed E-state index contributed by atoms with van der Waals surface area (Å²) in [6.07, 6.45) is 0. The molecule has 0 aliphatic carbocycles. The summed E-state index contributed by atoms with van der Waals surface area (Å²) in [5.41, 5.74) is 0.912. The molecule has 6 nitrogen and oxygen atoms in total. The third-order valence-corrected chi connectivity index (χ3v) is 5.30. The van der Waals surface area contributed by atoms with Gasteiger partial charge in [-0.15, -0.1) is 0 Å². The van der Waals surface area contributed by atoms with Gasteiger partial charge in [0, 0.05) is 57.0 Å². The van der Waals surface area contributed by atoms with Crippen LogP contribution in [0.5, 0.6) is 0 Å². The summed E-state index contributed by atoms with van der Waals surface area (Å²) in [6, 6.07) is 6.51. The van der Waals surface area contributed by atoms with Gasteiger partial charge in [-0.25, -0.2) is 9.18 Å². The molecule has 3 rings (SSSR count). The highest BCUT2D eigenvalue weighted by Crippen LogP contribution is 2.18. The van der Waals surface area contributed by atoms with Crippen LogP contribution in [0.4, 0.5) is 14.9 Å². The lowest BCUT2D eigenvalue weighted by atomic mass is 10.0. The molecule has 2 aliphatic rings. The minimum absolute atomic E-state index is 0.00918. The highest BCUT2D eigenvalue weighted by Gasteiger charge is 2.29. The summed E-state index contributed by atoms with van der Waals surface area (Å²) in [5, 5.41) is 3.09. The number of rotatable bonds is 4. The number of halogens is 1.